The average molecular weight is 263 g/mol. The SMILES string of the molecule is CN(C)C1CCCN(c2ccc(N)cc2C(=O)O)C1. The molecule has 0 radical (unpaired) electrons. The zero-order valence-electron chi connectivity index (χ0n) is 11.5. The van der Waals surface area contributed by atoms with Crippen molar-refractivity contribution in [2.24, 2.45) is 0 Å². The number of carbonyl (C=O) groups is 1. The van der Waals surface area contributed by atoms with E-state index in [1.165, 1.54) is 6.07 Å². The molecule has 1 aliphatic rings. The maximum atomic E-state index is 11.3. The van der Waals surface area contributed by atoms with Gasteiger partial charge in [0.05, 0.1) is 11.3 Å². The molecule has 0 aromatic heterocycles. The van der Waals surface area contributed by atoms with Crippen molar-refractivity contribution in [3.63, 3.8) is 0 Å². The molecule has 0 bridgehead atoms. The van der Waals surface area contributed by atoms with E-state index in [0.29, 0.717) is 17.3 Å². The van der Waals surface area contributed by atoms with E-state index in [1.807, 2.05) is 6.07 Å². The van der Waals surface area contributed by atoms with Gasteiger partial charge in [-0.15, -0.1) is 0 Å². The fraction of sp³-hybridized carbons (Fsp3) is 0.500. The van der Waals surface area contributed by atoms with Gasteiger partial charge in [-0.2, -0.15) is 0 Å². The molecular weight excluding hydrogens is 242 g/mol. The lowest BCUT2D eigenvalue weighted by molar-refractivity contribution is 0.0697. The van der Waals surface area contributed by atoms with Crippen molar-refractivity contribution in [1.29, 1.82) is 0 Å². The number of rotatable bonds is 3. The number of nitrogen functional groups attached to an aromatic ring is 1. The summed E-state index contributed by atoms with van der Waals surface area (Å²) in [7, 11) is 4.13. The predicted molar refractivity (Wildman–Crippen MR) is 76.7 cm³/mol. The molecule has 1 aliphatic heterocycles. The summed E-state index contributed by atoms with van der Waals surface area (Å²) in [6, 6.07) is 5.59. The van der Waals surface area contributed by atoms with Crippen LogP contribution in [0, 0.1) is 0 Å². The van der Waals surface area contributed by atoms with Crippen LogP contribution in [0.4, 0.5) is 11.4 Å². The fourth-order valence-electron chi connectivity index (χ4n) is 2.60. The molecule has 1 heterocycles. The van der Waals surface area contributed by atoms with Gasteiger partial charge in [0.2, 0.25) is 0 Å². The first kappa shape index (κ1) is 13.7. The maximum Gasteiger partial charge on any atom is 0.337 e. The number of hydrogen-bond donors (Lipinski definition) is 2. The highest BCUT2D eigenvalue weighted by molar-refractivity contribution is 5.95. The Balaban J connectivity index is 2.28. The number of nitrogens with two attached hydrogens (primary N) is 1. The van der Waals surface area contributed by atoms with Crippen LogP contribution in [0.2, 0.25) is 0 Å². The van der Waals surface area contributed by atoms with Crippen LogP contribution < -0.4 is 10.6 Å². The maximum absolute atomic E-state index is 11.3. The molecule has 0 aliphatic carbocycles. The van der Waals surface area contributed by atoms with Crippen LogP contribution in [0.15, 0.2) is 18.2 Å². The Hall–Kier alpha value is -1.75. The Morgan fingerprint density at radius 2 is 2.21 bits per heavy atom. The van der Waals surface area contributed by atoms with Crippen molar-refractivity contribution in [1.82, 2.24) is 4.90 Å². The summed E-state index contributed by atoms with van der Waals surface area (Å²) in [6.45, 7) is 1.76. The van der Waals surface area contributed by atoms with Crippen molar-refractivity contribution in [2.45, 2.75) is 18.9 Å². The monoisotopic (exact) mass is 263 g/mol. The summed E-state index contributed by atoms with van der Waals surface area (Å²) in [5, 5.41) is 9.30. The number of piperidine rings is 1. The minimum atomic E-state index is -0.922. The normalized spacial score (nSPS) is 19.7. The molecule has 1 atom stereocenters. The molecule has 104 valence electrons. The minimum Gasteiger partial charge on any atom is -0.478 e. The smallest absolute Gasteiger partial charge is 0.337 e. The Morgan fingerprint density at radius 3 is 2.84 bits per heavy atom. The van der Waals surface area contributed by atoms with E-state index in [2.05, 4.69) is 23.9 Å². The van der Waals surface area contributed by atoms with Gasteiger partial charge in [-0.05, 0) is 45.1 Å². The zero-order valence-corrected chi connectivity index (χ0v) is 11.5. The molecule has 0 spiro atoms. The number of likely N-dealkylation sites (N-methyl/N-ethyl adjacent to an activating group) is 1. The third-order valence-corrected chi connectivity index (χ3v) is 3.72. The third-order valence-electron chi connectivity index (χ3n) is 3.72. The second-order valence-electron chi connectivity index (χ2n) is 5.29. The second kappa shape index (κ2) is 5.48. The summed E-state index contributed by atoms with van der Waals surface area (Å²) in [6.07, 6.45) is 2.23. The third kappa shape index (κ3) is 2.98. The van der Waals surface area contributed by atoms with Crippen LogP contribution in [-0.2, 0) is 0 Å². The van der Waals surface area contributed by atoms with Crippen LogP contribution in [0.1, 0.15) is 23.2 Å². The molecule has 2 rings (SSSR count). The average Bonchev–Trinajstić information content (AvgIpc) is 2.38. The number of nitrogens with zero attached hydrogens (tertiary/aromatic N) is 2. The van der Waals surface area contributed by atoms with Gasteiger partial charge in [-0.25, -0.2) is 4.79 Å². The number of carboxylic acid groups (broad SMARTS) is 1. The Labute approximate surface area is 113 Å². The van der Waals surface area contributed by atoms with E-state index in [4.69, 9.17) is 5.73 Å². The molecule has 0 amide bonds. The standard InChI is InChI=1S/C14H21N3O2/c1-16(2)11-4-3-7-17(9-11)13-6-5-10(15)8-12(13)14(18)19/h5-6,8,11H,3-4,7,9,15H2,1-2H3,(H,18,19). The van der Waals surface area contributed by atoms with Crippen molar-refractivity contribution in [3.05, 3.63) is 23.8 Å². The second-order valence-corrected chi connectivity index (χ2v) is 5.29. The lowest BCUT2D eigenvalue weighted by atomic mass is 10.0. The van der Waals surface area contributed by atoms with Crippen molar-refractivity contribution in [3.8, 4) is 0 Å². The van der Waals surface area contributed by atoms with Crippen LogP contribution in [0.25, 0.3) is 0 Å². The predicted octanol–water partition coefficient (Wildman–Crippen LogP) is 1.50. The van der Waals surface area contributed by atoms with Gasteiger partial charge in [0.25, 0.3) is 0 Å². The van der Waals surface area contributed by atoms with E-state index in [1.54, 1.807) is 6.07 Å². The van der Waals surface area contributed by atoms with Crippen molar-refractivity contribution >= 4 is 17.3 Å². The lowest BCUT2D eigenvalue weighted by Gasteiger charge is -2.38. The number of benzene rings is 1. The van der Waals surface area contributed by atoms with E-state index in [0.717, 1.165) is 31.6 Å². The largest absolute Gasteiger partial charge is 0.478 e. The van der Waals surface area contributed by atoms with Crippen LogP contribution in [-0.4, -0.2) is 49.2 Å². The summed E-state index contributed by atoms with van der Waals surface area (Å²) in [4.78, 5) is 15.7. The molecule has 1 saturated heterocycles. The molecule has 19 heavy (non-hydrogen) atoms. The molecule has 1 aromatic rings. The van der Waals surface area contributed by atoms with Crippen molar-refractivity contribution < 1.29 is 9.90 Å². The summed E-state index contributed by atoms with van der Waals surface area (Å²) in [5.74, 6) is -0.922. The van der Waals surface area contributed by atoms with Gasteiger partial charge in [-0.1, -0.05) is 0 Å². The number of aromatic carboxylic acids is 1. The van der Waals surface area contributed by atoms with Crippen LogP contribution in [0.3, 0.4) is 0 Å². The first-order valence-electron chi connectivity index (χ1n) is 6.53. The van der Waals surface area contributed by atoms with Gasteiger partial charge < -0.3 is 20.6 Å². The quantitative estimate of drug-likeness (QED) is 0.809. The van der Waals surface area contributed by atoms with Gasteiger partial charge in [0.1, 0.15) is 0 Å². The molecule has 1 unspecified atom stereocenters. The Morgan fingerprint density at radius 1 is 1.47 bits per heavy atom. The highest BCUT2D eigenvalue weighted by Crippen LogP contribution is 2.27. The molecule has 0 saturated carbocycles. The molecule has 5 nitrogen and oxygen atoms in total. The van der Waals surface area contributed by atoms with E-state index in [9.17, 15) is 9.90 Å². The van der Waals surface area contributed by atoms with Crippen molar-refractivity contribution in [2.75, 3.05) is 37.8 Å². The van der Waals surface area contributed by atoms with E-state index >= 15 is 0 Å². The van der Waals surface area contributed by atoms with E-state index in [-0.39, 0.29) is 0 Å². The first-order chi connectivity index (χ1) is 8.99. The molecular formula is C14H21N3O2. The van der Waals surface area contributed by atoms with Gasteiger partial charge in [0.15, 0.2) is 0 Å². The topological polar surface area (TPSA) is 69.8 Å². The summed E-state index contributed by atoms with van der Waals surface area (Å²) < 4.78 is 0. The van der Waals surface area contributed by atoms with E-state index < -0.39 is 5.97 Å². The molecule has 1 fully saturated rings. The number of anilines is 2. The number of hydrogen-bond acceptors (Lipinski definition) is 4. The first-order valence-corrected chi connectivity index (χ1v) is 6.53. The highest BCUT2D eigenvalue weighted by atomic mass is 16.4. The molecule has 3 N–H and O–H groups in total. The summed E-state index contributed by atoms with van der Waals surface area (Å²) >= 11 is 0. The lowest BCUT2D eigenvalue weighted by Crippen LogP contribution is -2.45. The minimum absolute atomic E-state index is 0.291. The zero-order chi connectivity index (χ0) is 14.0. The highest BCUT2D eigenvalue weighted by Gasteiger charge is 2.24. The fourth-order valence-corrected chi connectivity index (χ4v) is 2.60. The summed E-state index contributed by atoms with van der Waals surface area (Å²) in [5.41, 5.74) is 7.23. The molecule has 1 aromatic carbocycles. The van der Waals surface area contributed by atoms with Crippen LogP contribution >= 0.6 is 0 Å². The number of carboxylic acids is 1. The Kier molecular flexibility index (Phi) is 3.95. The van der Waals surface area contributed by atoms with Gasteiger partial charge in [0, 0.05) is 24.8 Å². The van der Waals surface area contributed by atoms with Gasteiger partial charge >= 0.3 is 5.97 Å². The molecule has 5 heteroatoms. The Bertz CT molecular complexity index is 474. The van der Waals surface area contributed by atoms with Gasteiger partial charge in [-0.3, -0.25) is 0 Å². The van der Waals surface area contributed by atoms with Crippen LogP contribution in [0.5, 0.6) is 0 Å².